The summed E-state index contributed by atoms with van der Waals surface area (Å²) in [6.45, 7) is 1.42. The number of nitrogens with one attached hydrogen (secondary N) is 1. The Morgan fingerprint density at radius 2 is 2.15 bits per heavy atom. The number of likely N-dealkylation sites (N-methyl/N-ethyl adjacent to an activating group) is 1. The number of benzene rings is 1. The molecule has 2 N–H and O–H groups in total. The molecule has 1 atom stereocenters. The quantitative estimate of drug-likeness (QED) is 0.846. The molecule has 0 bridgehead atoms. The molecule has 2 rings (SSSR count). The van der Waals surface area contributed by atoms with Crippen molar-refractivity contribution in [3.8, 4) is 0 Å². The van der Waals surface area contributed by atoms with Crippen molar-refractivity contribution < 1.29 is 14.7 Å². The molecule has 0 unspecified atom stereocenters. The van der Waals surface area contributed by atoms with Crippen molar-refractivity contribution in [3.05, 3.63) is 35.4 Å². The predicted molar refractivity (Wildman–Crippen MR) is 75.8 cm³/mol. The summed E-state index contributed by atoms with van der Waals surface area (Å²) in [5, 5.41) is 12.3. The lowest BCUT2D eigenvalue weighted by atomic mass is 10.0. The molecular formula is C15H20N2O3. The molecule has 1 aliphatic rings. The van der Waals surface area contributed by atoms with E-state index in [0.29, 0.717) is 18.5 Å². The van der Waals surface area contributed by atoms with Gasteiger partial charge in [-0.2, -0.15) is 0 Å². The molecule has 1 saturated heterocycles. The fraction of sp³-hybridized carbons (Fsp3) is 0.467. The van der Waals surface area contributed by atoms with Gasteiger partial charge < -0.3 is 15.3 Å². The van der Waals surface area contributed by atoms with Gasteiger partial charge in [-0.3, -0.25) is 4.79 Å². The third-order valence-corrected chi connectivity index (χ3v) is 3.70. The molecular weight excluding hydrogens is 256 g/mol. The minimum atomic E-state index is -0.924. The Hall–Kier alpha value is -1.88. The number of carbonyl (C=O) groups is 2. The highest BCUT2D eigenvalue weighted by Gasteiger charge is 2.24. The zero-order chi connectivity index (χ0) is 14.5. The predicted octanol–water partition coefficient (Wildman–Crippen LogP) is 1.14. The van der Waals surface area contributed by atoms with Crippen molar-refractivity contribution >= 4 is 11.9 Å². The minimum Gasteiger partial charge on any atom is -0.478 e. The average Bonchev–Trinajstić information content (AvgIpc) is 2.98. The molecule has 1 aromatic carbocycles. The molecule has 0 aromatic heterocycles. The van der Waals surface area contributed by atoms with Crippen molar-refractivity contribution in [1.82, 2.24) is 10.2 Å². The Morgan fingerprint density at radius 1 is 1.40 bits per heavy atom. The molecule has 0 spiro atoms. The summed E-state index contributed by atoms with van der Waals surface area (Å²) in [5.74, 6) is -0.831. The Morgan fingerprint density at radius 3 is 2.80 bits per heavy atom. The van der Waals surface area contributed by atoms with E-state index in [0.717, 1.165) is 24.9 Å². The molecule has 0 aliphatic carbocycles. The van der Waals surface area contributed by atoms with E-state index in [9.17, 15) is 9.59 Å². The maximum Gasteiger partial charge on any atom is 0.335 e. The maximum absolute atomic E-state index is 12.1. The molecule has 1 amide bonds. The van der Waals surface area contributed by atoms with Gasteiger partial charge in [0.15, 0.2) is 0 Å². The number of carboxylic acid groups (broad SMARTS) is 1. The van der Waals surface area contributed by atoms with Gasteiger partial charge in [0.05, 0.1) is 11.6 Å². The highest BCUT2D eigenvalue weighted by Crippen LogP contribution is 2.12. The monoisotopic (exact) mass is 276 g/mol. The number of rotatable bonds is 5. The van der Waals surface area contributed by atoms with Gasteiger partial charge in [-0.05, 0) is 37.4 Å². The Bertz CT molecular complexity index is 496. The summed E-state index contributed by atoms with van der Waals surface area (Å²) < 4.78 is 0. The van der Waals surface area contributed by atoms with E-state index in [1.807, 2.05) is 6.07 Å². The third-order valence-electron chi connectivity index (χ3n) is 3.70. The van der Waals surface area contributed by atoms with E-state index in [-0.39, 0.29) is 11.9 Å². The number of nitrogens with zero attached hydrogens (tertiary/aromatic N) is 1. The number of carboxylic acids is 1. The van der Waals surface area contributed by atoms with Gasteiger partial charge in [-0.15, -0.1) is 0 Å². The number of carbonyl (C=O) groups excluding carboxylic acids is 1. The maximum atomic E-state index is 12.1. The summed E-state index contributed by atoms with van der Waals surface area (Å²) in [5.41, 5.74) is 1.08. The summed E-state index contributed by atoms with van der Waals surface area (Å²) in [6, 6.07) is 6.86. The van der Waals surface area contributed by atoms with E-state index in [2.05, 4.69) is 5.32 Å². The first-order chi connectivity index (χ1) is 9.59. The van der Waals surface area contributed by atoms with Gasteiger partial charge in [0, 0.05) is 13.6 Å². The molecule has 5 heteroatoms. The number of amides is 1. The van der Waals surface area contributed by atoms with Crippen LogP contribution < -0.4 is 5.32 Å². The second-order valence-corrected chi connectivity index (χ2v) is 5.12. The van der Waals surface area contributed by atoms with E-state index in [1.165, 1.54) is 0 Å². The Kier molecular flexibility index (Phi) is 4.74. The Balaban J connectivity index is 1.94. The zero-order valence-corrected chi connectivity index (χ0v) is 11.6. The van der Waals surface area contributed by atoms with Crippen LogP contribution in [0.5, 0.6) is 0 Å². The van der Waals surface area contributed by atoms with Crippen LogP contribution in [0, 0.1) is 0 Å². The molecule has 1 heterocycles. The number of aromatic carboxylic acids is 1. The second kappa shape index (κ2) is 6.52. The zero-order valence-electron chi connectivity index (χ0n) is 11.6. The SMILES string of the molecule is CN(CCc1ccccc1C(=O)O)C(=O)[C@H]1CCCN1. The van der Waals surface area contributed by atoms with Crippen molar-refractivity contribution in [3.63, 3.8) is 0 Å². The Labute approximate surface area is 118 Å². The first-order valence-electron chi connectivity index (χ1n) is 6.89. The fourth-order valence-corrected chi connectivity index (χ4v) is 2.51. The molecule has 108 valence electrons. The molecule has 5 nitrogen and oxygen atoms in total. The van der Waals surface area contributed by atoms with Crippen molar-refractivity contribution in [2.75, 3.05) is 20.1 Å². The molecule has 1 fully saturated rings. The minimum absolute atomic E-state index is 0.0743. The van der Waals surface area contributed by atoms with Crippen molar-refractivity contribution in [2.24, 2.45) is 0 Å². The summed E-state index contributed by atoms with van der Waals surface area (Å²) in [6.07, 6.45) is 2.47. The van der Waals surface area contributed by atoms with Crippen LogP contribution in [0.1, 0.15) is 28.8 Å². The van der Waals surface area contributed by atoms with Crippen LogP contribution in [-0.2, 0) is 11.2 Å². The van der Waals surface area contributed by atoms with E-state index >= 15 is 0 Å². The molecule has 1 aromatic rings. The van der Waals surface area contributed by atoms with Gasteiger partial charge in [0.2, 0.25) is 5.91 Å². The van der Waals surface area contributed by atoms with Gasteiger partial charge in [-0.25, -0.2) is 4.79 Å². The molecule has 0 radical (unpaired) electrons. The smallest absolute Gasteiger partial charge is 0.335 e. The first kappa shape index (κ1) is 14.5. The molecule has 1 aliphatic heterocycles. The lowest BCUT2D eigenvalue weighted by Crippen LogP contribution is -2.42. The van der Waals surface area contributed by atoms with Crippen LogP contribution in [-0.4, -0.2) is 48.1 Å². The van der Waals surface area contributed by atoms with Gasteiger partial charge in [0.25, 0.3) is 0 Å². The van der Waals surface area contributed by atoms with Crippen molar-refractivity contribution in [1.29, 1.82) is 0 Å². The van der Waals surface area contributed by atoms with Gasteiger partial charge in [0.1, 0.15) is 0 Å². The average molecular weight is 276 g/mol. The van der Waals surface area contributed by atoms with Crippen LogP contribution in [0.4, 0.5) is 0 Å². The highest BCUT2D eigenvalue weighted by molar-refractivity contribution is 5.89. The highest BCUT2D eigenvalue weighted by atomic mass is 16.4. The van der Waals surface area contributed by atoms with Crippen LogP contribution in [0.3, 0.4) is 0 Å². The van der Waals surface area contributed by atoms with Crippen LogP contribution in [0.25, 0.3) is 0 Å². The fourth-order valence-electron chi connectivity index (χ4n) is 2.51. The topological polar surface area (TPSA) is 69.6 Å². The summed E-state index contributed by atoms with van der Waals surface area (Å²) >= 11 is 0. The van der Waals surface area contributed by atoms with Crippen LogP contribution in [0.15, 0.2) is 24.3 Å². The van der Waals surface area contributed by atoms with Crippen LogP contribution >= 0.6 is 0 Å². The normalized spacial score (nSPS) is 17.9. The van der Waals surface area contributed by atoms with E-state index < -0.39 is 5.97 Å². The number of hydrogen-bond acceptors (Lipinski definition) is 3. The molecule has 20 heavy (non-hydrogen) atoms. The van der Waals surface area contributed by atoms with Gasteiger partial charge in [-0.1, -0.05) is 18.2 Å². The van der Waals surface area contributed by atoms with E-state index in [1.54, 1.807) is 30.1 Å². The second-order valence-electron chi connectivity index (χ2n) is 5.12. The third kappa shape index (κ3) is 3.36. The largest absolute Gasteiger partial charge is 0.478 e. The van der Waals surface area contributed by atoms with E-state index in [4.69, 9.17) is 5.11 Å². The summed E-state index contributed by atoms with van der Waals surface area (Å²) in [4.78, 5) is 24.9. The van der Waals surface area contributed by atoms with Crippen LogP contribution in [0.2, 0.25) is 0 Å². The lowest BCUT2D eigenvalue weighted by Gasteiger charge is -2.21. The number of hydrogen-bond donors (Lipinski definition) is 2. The summed E-state index contributed by atoms with van der Waals surface area (Å²) in [7, 11) is 1.77. The van der Waals surface area contributed by atoms with Crippen molar-refractivity contribution in [2.45, 2.75) is 25.3 Å². The lowest BCUT2D eigenvalue weighted by molar-refractivity contribution is -0.131. The first-order valence-corrected chi connectivity index (χ1v) is 6.89. The van der Waals surface area contributed by atoms with Gasteiger partial charge >= 0.3 is 5.97 Å². The standard InChI is InChI=1S/C15H20N2O3/c1-17(14(18)13-7-4-9-16-13)10-8-11-5-2-3-6-12(11)15(19)20/h2-3,5-6,13,16H,4,7-10H2,1H3,(H,19,20)/t13-/m1/s1. The molecule has 0 saturated carbocycles.